The van der Waals surface area contributed by atoms with Crippen LogP contribution < -0.4 is 4.74 Å². The Hall–Kier alpha value is -4.07. The van der Waals surface area contributed by atoms with Crippen molar-refractivity contribution >= 4 is 11.2 Å². The molecule has 0 saturated heterocycles. The van der Waals surface area contributed by atoms with E-state index in [1.165, 1.54) is 5.56 Å². The van der Waals surface area contributed by atoms with Crippen LogP contribution in [0, 0.1) is 6.92 Å². The minimum atomic E-state index is 0.581. The molecule has 160 valence electrons. The van der Waals surface area contributed by atoms with E-state index in [4.69, 9.17) is 14.7 Å². The molecule has 0 aliphatic carbocycles. The predicted octanol–water partition coefficient (Wildman–Crippen LogP) is 4.21. The fourth-order valence-corrected chi connectivity index (χ4v) is 4.00. The first kappa shape index (κ1) is 19.9. The van der Waals surface area contributed by atoms with Crippen molar-refractivity contribution in [3.63, 3.8) is 0 Å². The van der Waals surface area contributed by atoms with Gasteiger partial charge in [0.2, 0.25) is 5.82 Å². The van der Waals surface area contributed by atoms with Crippen LogP contribution in [0.1, 0.15) is 24.0 Å². The van der Waals surface area contributed by atoms with Gasteiger partial charge in [-0.2, -0.15) is 5.21 Å². The molecule has 0 atom stereocenters. The number of aromatic amines is 1. The van der Waals surface area contributed by atoms with Gasteiger partial charge >= 0.3 is 0 Å². The fraction of sp³-hybridized carbons (Fsp3) is 0.208. The van der Waals surface area contributed by atoms with Crippen LogP contribution in [0.3, 0.4) is 0 Å². The predicted molar refractivity (Wildman–Crippen MR) is 122 cm³/mol. The van der Waals surface area contributed by atoms with E-state index >= 15 is 0 Å². The van der Waals surface area contributed by atoms with E-state index in [2.05, 4.69) is 62.4 Å². The summed E-state index contributed by atoms with van der Waals surface area (Å²) in [6.45, 7) is 4.77. The third kappa shape index (κ3) is 3.49. The molecule has 0 aliphatic heterocycles. The molecule has 3 aromatic heterocycles. The monoisotopic (exact) mass is 425 g/mol. The molecule has 0 aliphatic rings. The summed E-state index contributed by atoms with van der Waals surface area (Å²) in [7, 11) is 1.67. The van der Waals surface area contributed by atoms with E-state index in [1.54, 1.807) is 7.11 Å². The van der Waals surface area contributed by atoms with Gasteiger partial charge in [-0.25, -0.2) is 9.97 Å². The van der Waals surface area contributed by atoms with Crippen LogP contribution in [0.2, 0.25) is 0 Å². The molecule has 5 aromatic rings. The first-order valence-corrected chi connectivity index (χ1v) is 10.5. The number of rotatable bonds is 6. The lowest BCUT2D eigenvalue weighted by Gasteiger charge is -2.11. The molecule has 0 fully saturated rings. The van der Waals surface area contributed by atoms with Crippen LogP contribution in [0.4, 0.5) is 0 Å². The standard InChI is InChI=1S/C24H23N7O/c1-4-21-26-22-20(32-3)13-15(2)25-24(22)31(21)14-16-9-11-17(12-10-16)18-7-5-6-8-19(18)23-27-29-30-28-23/h5-13H,4,14H2,1-3H3,(H,27,28,29,30). The van der Waals surface area contributed by atoms with Crippen LogP contribution in [-0.4, -0.2) is 42.3 Å². The van der Waals surface area contributed by atoms with Crippen LogP contribution in [0.25, 0.3) is 33.7 Å². The van der Waals surface area contributed by atoms with Gasteiger partial charge in [-0.1, -0.05) is 55.5 Å². The van der Waals surface area contributed by atoms with Crippen LogP contribution in [0.15, 0.2) is 54.6 Å². The second-order valence-electron chi connectivity index (χ2n) is 7.58. The molecule has 8 nitrogen and oxygen atoms in total. The number of hydrogen-bond acceptors (Lipinski definition) is 6. The molecular weight excluding hydrogens is 402 g/mol. The quantitative estimate of drug-likeness (QED) is 0.438. The highest BCUT2D eigenvalue weighted by atomic mass is 16.5. The number of aromatic nitrogens is 7. The molecule has 0 unspecified atom stereocenters. The number of fused-ring (bicyclic) bond motifs is 1. The summed E-state index contributed by atoms with van der Waals surface area (Å²) in [5.74, 6) is 2.33. The highest BCUT2D eigenvalue weighted by molar-refractivity contribution is 5.81. The zero-order chi connectivity index (χ0) is 22.1. The minimum absolute atomic E-state index is 0.581. The van der Waals surface area contributed by atoms with E-state index in [0.717, 1.165) is 51.5 Å². The number of ether oxygens (including phenoxy) is 1. The number of tetrazole rings is 1. The van der Waals surface area contributed by atoms with E-state index in [1.807, 2.05) is 31.2 Å². The average molecular weight is 425 g/mol. The van der Waals surface area contributed by atoms with Crippen molar-refractivity contribution in [1.29, 1.82) is 0 Å². The minimum Gasteiger partial charge on any atom is -0.494 e. The van der Waals surface area contributed by atoms with Crippen molar-refractivity contribution in [2.75, 3.05) is 7.11 Å². The second-order valence-corrected chi connectivity index (χ2v) is 7.58. The van der Waals surface area contributed by atoms with Gasteiger partial charge in [0.15, 0.2) is 5.65 Å². The Morgan fingerprint density at radius 2 is 1.78 bits per heavy atom. The van der Waals surface area contributed by atoms with Gasteiger partial charge in [0, 0.05) is 23.7 Å². The highest BCUT2D eigenvalue weighted by Crippen LogP contribution is 2.30. The molecule has 3 heterocycles. The smallest absolute Gasteiger partial charge is 0.205 e. The third-order valence-corrected chi connectivity index (χ3v) is 5.53. The average Bonchev–Trinajstić information content (AvgIpc) is 3.48. The number of nitrogens with zero attached hydrogens (tertiary/aromatic N) is 6. The Morgan fingerprint density at radius 3 is 2.47 bits per heavy atom. The van der Waals surface area contributed by atoms with Gasteiger partial charge in [0.25, 0.3) is 0 Å². The molecule has 5 rings (SSSR count). The Balaban J connectivity index is 1.51. The highest BCUT2D eigenvalue weighted by Gasteiger charge is 2.16. The summed E-state index contributed by atoms with van der Waals surface area (Å²) in [4.78, 5) is 9.55. The second kappa shape index (κ2) is 8.22. The van der Waals surface area contributed by atoms with E-state index in [0.29, 0.717) is 12.4 Å². The maximum absolute atomic E-state index is 5.55. The molecule has 8 heteroatoms. The van der Waals surface area contributed by atoms with Gasteiger partial charge in [-0.15, -0.1) is 10.2 Å². The maximum Gasteiger partial charge on any atom is 0.205 e. The van der Waals surface area contributed by atoms with Crippen LogP contribution in [-0.2, 0) is 13.0 Å². The maximum atomic E-state index is 5.55. The van der Waals surface area contributed by atoms with E-state index in [-0.39, 0.29) is 0 Å². The molecule has 32 heavy (non-hydrogen) atoms. The lowest BCUT2D eigenvalue weighted by molar-refractivity contribution is 0.418. The summed E-state index contributed by atoms with van der Waals surface area (Å²) < 4.78 is 7.72. The van der Waals surface area contributed by atoms with Crippen molar-refractivity contribution in [2.24, 2.45) is 0 Å². The van der Waals surface area contributed by atoms with Crippen LogP contribution in [0.5, 0.6) is 5.75 Å². The summed E-state index contributed by atoms with van der Waals surface area (Å²) >= 11 is 0. The number of nitrogens with one attached hydrogen (secondary N) is 1. The topological polar surface area (TPSA) is 94.4 Å². The zero-order valence-electron chi connectivity index (χ0n) is 18.2. The Bertz CT molecular complexity index is 1370. The van der Waals surface area contributed by atoms with Gasteiger partial charge in [0.05, 0.1) is 13.7 Å². The summed E-state index contributed by atoms with van der Waals surface area (Å²) in [5, 5.41) is 14.5. The largest absolute Gasteiger partial charge is 0.494 e. The Kier molecular flexibility index (Phi) is 5.10. The number of hydrogen-bond donors (Lipinski definition) is 1. The third-order valence-electron chi connectivity index (χ3n) is 5.53. The van der Waals surface area contributed by atoms with Crippen molar-refractivity contribution in [3.05, 3.63) is 71.7 Å². The number of imidazole rings is 1. The van der Waals surface area contributed by atoms with Crippen molar-refractivity contribution in [1.82, 2.24) is 35.2 Å². The lowest BCUT2D eigenvalue weighted by Crippen LogP contribution is -2.05. The zero-order valence-corrected chi connectivity index (χ0v) is 18.2. The number of H-pyrrole nitrogens is 1. The van der Waals surface area contributed by atoms with Crippen LogP contribution >= 0.6 is 0 Å². The first-order valence-electron chi connectivity index (χ1n) is 10.5. The molecule has 0 spiro atoms. The van der Waals surface area contributed by atoms with E-state index in [9.17, 15) is 0 Å². The van der Waals surface area contributed by atoms with E-state index < -0.39 is 0 Å². The number of methoxy groups -OCH3 is 1. The van der Waals surface area contributed by atoms with Gasteiger partial charge in [-0.05, 0) is 28.8 Å². The van der Waals surface area contributed by atoms with Crippen molar-refractivity contribution < 1.29 is 4.74 Å². The lowest BCUT2D eigenvalue weighted by atomic mass is 9.98. The summed E-state index contributed by atoms with van der Waals surface area (Å²) in [6.07, 6.45) is 0.814. The van der Waals surface area contributed by atoms with Gasteiger partial charge in [0.1, 0.15) is 17.1 Å². The first-order chi connectivity index (χ1) is 15.7. The molecule has 1 N–H and O–H groups in total. The normalized spacial score (nSPS) is 11.2. The number of benzene rings is 2. The van der Waals surface area contributed by atoms with Crippen molar-refractivity contribution in [3.8, 4) is 28.3 Å². The SMILES string of the molecule is CCc1nc2c(OC)cc(C)nc2n1Cc1ccc(-c2ccccc2-c2nn[nH]n2)cc1. The number of pyridine rings is 1. The Labute approximate surface area is 185 Å². The van der Waals surface area contributed by atoms with Gasteiger partial charge in [-0.3, -0.25) is 0 Å². The fourth-order valence-electron chi connectivity index (χ4n) is 4.00. The van der Waals surface area contributed by atoms with Crippen molar-refractivity contribution in [2.45, 2.75) is 26.8 Å². The molecule has 2 aromatic carbocycles. The summed E-state index contributed by atoms with van der Waals surface area (Å²) in [5.41, 5.74) is 6.83. The molecule has 0 bridgehead atoms. The number of aryl methyl sites for hydroxylation is 2. The van der Waals surface area contributed by atoms with Gasteiger partial charge < -0.3 is 9.30 Å². The molecule has 0 radical (unpaired) electrons. The Morgan fingerprint density at radius 1 is 1.00 bits per heavy atom. The molecule has 0 saturated carbocycles. The molecular formula is C24H23N7O. The molecule has 0 amide bonds. The summed E-state index contributed by atoms with van der Waals surface area (Å²) in [6, 6.07) is 18.5.